The third kappa shape index (κ3) is 4.67. The van der Waals surface area contributed by atoms with E-state index in [1.807, 2.05) is 13.8 Å². The van der Waals surface area contributed by atoms with Gasteiger partial charge in [-0.15, -0.1) is 0 Å². The van der Waals surface area contributed by atoms with Crippen molar-refractivity contribution in [1.82, 2.24) is 0 Å². The van der Waals surface area contributed by atoms with Crippen molar-refractivity contribution in [3.05, 3.63) is 35.4 Å². The molecule has 0 bridgehead atoms. The van der Waals surface area contributed by atoms with Crippen LogP contribution in [0.4, 0.5) is 26.3 Å². The molecule has 0 aliphatic carbocycles. The second-order valence-electron chi connectivity index (χ2n) is 5.78. The lowest BCUT2D eigenvalue weighted by atomic mass is 9.89. The minimum atomic E-state index is -5.70. The molecule has 8 heteroatoms. The Kier molecular flexibility index (Phi) is 7.31. The van der Waals surface area contributed by atoms with Crippen molar-refractivity contribution in [2.45, 2.75) is 57.5 Å². The van der Waals surface area contributed by atoms with Crippen molar-refractivity contribution in [2.75, 3.05) is 13.4 Å². The Balaban J connectivity index is 3.33. The summed E-state index contributed by atoms with van der Waals surface area (Å²) < 4.78 is 90.0. The number of benzene rings is 1. The predicted molar refractivity (Wildman–Crippen MR) is 81.1 cm³/mol. The molecular formula is C17H22F6O2. The van der Waals surface area contributed by atoms with Gasteiger partial charge >= 0.3 is 12.4 Å². The molecule has 0 saturated carbocycles. The quantitative estimate of drug-likeness (QED) is 0.320. The van der Waals surface area contributed by atoms with Crippen LogP contribution in [0.1, 0.15) is 50.7 Å². The van der Waals surface area contributed by atoms with Gasteiger partial charge in [0.05, 0.1) is 0 Å². The Morgan fingerprint density at radius 1 is 0.920 bits per heavy atom. The summed E-state index contributed by atoms with van der Waals surface area (Å²) in [5.74, 6) is 0.0222. The maximum atomic E-state index is 13.5. The van der Waals surface area contributed by atoms with E-state index in [1.165, 1.54) is 12.1 Å². The molecule has 1 unspecified atom stereocenters. The summed E-state index contributed by atoms with van der Waals surface area (Å²) in [6.07, 6.45) is -10.2. The fourth-order valence-electron chi connectivity index (χ4n) is 2.35. The molecule has 2 nitrogen and oxygen atoms in total. The van der Waals surface area contributed by atoms with Crippen LogP contribution in [-0.4, -0.2) is 25.8 Å². The van der Waals surface area contributed by atoms with Gasteiger partial charge in [0, 0.05) is 12.2 Å². The average Bonchev–Trinajstić information content (AvgIpc) is 2.52. The molecule has 144 valence electrons. The number of hydrogen-bond donors (Lipinski definition) is 0. The van der Waals surface area contributed by atoms with Gasteiger partial charge in [0.15, 0.2) is 0 Å². The molecule has 25 heavy (non-hydrogen) atoms. The van der Waals surface area contributed by atoms with Crippen molar-refractivity contribution in [3.8, 4) is 0 Å². The van der Waals surface area contributed by atoms with Gasteiger partial charge in [0.2, 0.25) is 0 Å². The Labute approximate surface area is 143 Å². The lowest BCUT2D eigenvalue weighted by Crippen LogP contribution is -2.56. The molecule has 0 N–H and O–H groups in total. The molecule has 1 aromatic rings. The predicted octanol–water partition coefficient (Wildman–Crippen LogP) is 5.92. The van der Waals surface area contributed by atoms with Crippen LogP contribution >= 0.6 is 0 Å². The van der Waals surface area contributed by atoms with E-state index in [4.69, 9.17) is 4.74 Å². The van der Waals surface area contributed by atoms with E-state index in [2.05, 4.69) is 4.74 Å². The van der Waals surface area contributed by atoms with Crippen molar-refractivity contribution in [1.29, 1.82) is 0 Å². The van der Waals surface area contributed by atoms with Gasteiger partial charge < -0.3 is 9.47 Å². The standard InChI is InChI=1S/C17H22F6O2/c1-4-10-24-11-25-15(16(18,19)20,17(21,22)23)14-8-6-13(7-9-14)12(3)5-2/h6-9,12H,4-5,10-11H2,1-3H3. The van der Waals surface area contributed by atoms with E-state index < -0.39 is 30.3 Å². The monoisotopic (exact) mass is 372 g/mol. The molecule has 1 rings (SSSR count). The molecule has 0 aliphatic rings. The SMILES string of the molecule is CCCOCOC(c1ccc(C(C)CC)cc1)(C(F)(F)F)C(F)(F)F. The Morgan fingerprint density at radius 3 is 1.84 bits per heavy atom. The number of rotatable bonds is 8. The highest BCUT2D eigenvalue weighted by molar-refractivity contribution is 5.32. The lowest BCUT2D eigenvalue weighted by molar-refractivity contribution is -0.401. The Bertz CT molecular complexity index is 507. The van der Waals surface area contributed by atoms with E-state index >= 15 is 0 Å². The van der Waals surface area contributed by atoms with Crippen LogP contribution in [0, 0.1) is 0 Å². The molecule has 0 amide bonds. The van der Waals surface area contributed by atoms with Gasteiger partial charge in [-0.05, 0) is 24.3 Å². The second kappa shape index (κ2) is 8.40. The maximum absolute atomic E-state index is 13.5. The topological polar surface area (TPSA) is 18.5 Å². The normalized spacial score (nSPS) is 14.6. The summed E-state index contributed by atoms with van der Waals surface area (Å²) in [5, 5.41) is 0. The van der Waals surface area contributed by atoms with Crippen LogP contribution in [0.5, 0.6) is 0 Å². The summed E-state index contributed by atoms with van der Waals surface area (Å²) in [5.41, 5.74) is -4.78. The molecule has 1 atom stereocenters. The largest absolute Gasteiger partial charge is 0.430 e. The minimum Gasteiger partial charge on any atom is -0.355 e. The van der Waals surface area contributed by atoms with Crippen LogP contribution in [0.3, 0.4) is 0 Å². The molecule has 1 aromatic carbocycles. The fraction of sp³-hybridized carbons (Fsp3) is 0.647. The fourth-order valence-corrected chi connectivity index (χ4v) is 2.35. The second-order valence-corrected chi connectivity index (χ2v) is 5.78. The van der Waals surface area contributed by atoms with Gasteiger partial charge in [-0.2, -0.15) is 26.3 Å². The zero-order valence-corrected chi connectivity index (χ0v) is 14.3. The van der Waals surface area contributed by atoms with Crippen molar-refractivity contribution in [3.63, 3.8) is 0 Å². The van der Waals surface area contributed by atoms with Crippen LogP contribution in [0.25, 0.3) is 0 Å². The first-order valence-corrected chi connectivity index (χ1v) is 7.96. The van der Waals surface area contributed by atoms with Crippen LogP contribution in [0.2, 0.25) is 0 Å². The molecule has 0 heterocycles. The first-order valence-electron chi connectivity index (χ1n) is 7.96. The summed E-state index contributed by atoms with van der Waals surface area (Å²) >= 11 is 0. The smallest absolute Gasteiger partial charge is 0.355 e. The number of ether oxygens (including phenoxy) is 2. The summed E-state index contributed by atoms with van der Waals surface area (Å²) in [6, 6.07) is 4.18. The first kappa shape index (κ1) is 21.8. The van der Waals surface area contributed by atoms with E-state index in [0.717, 1.165) is 12.1 Å². The number of hydrogen-bond acceptors (Lipinski definition) is 2. The van der Waals surface area contributed by atoms with E-state index in [-0.39, 0.29) is 12.5 Å². The summed E-state index contributed by atoms with van der Waals surface area (Å²) in [4.78, 5) is 0. The zero-order valence-electron chi connectivity index (χ0n) is 14.3. The minimum absolute atomic E-state index is 0.00124. The Hall–Kier alpha value is -1.28. The molecular weight excluding hydrogens is 350 g/mol. The molecule has 0 aromatic heterocycles. The summed E-state index contributed by atoms with van der Waals surface area (Å²) in [6.45, 7) is 4.28. The van der Waals surface area contributed by atoms with Gasteiger partial charge in [-0.25, -0.2) is 0 Å². The number of halogens is 6. The highest BCUT2D eigenvalue weighted by Gasteiger charge is 2.73. The van der Waals surface area contributed by atoms with Crippen LogP contribution < -0.4 is 0 Å². The van der Waals surface area contributed by atoms with E-state index in [9.17, 15) is 26.3 Å². The Morgan fingerprint density at radius 2 is 1.44 bits per heavy atom. The highest BCUT2D eigenvalue weighted by Crippen LogP contribution is 2.53. The van der Waals surface area contributed by atoms with Crippen molar-refractivity contribution >= 4 is 0 Å². The molecule has 0 fully saturated rings. The van der Waals surface area contributed by atoms with Gasteiger partial charge in [-0.3, -0.25) is 0 Å². The zero-order chi connectivity index (χ0) is 19.3. The third-order valence-electron chi connectivity index (χ3n) is 4.00. The molecule has 0 spiro atoms. The van der Waals surface area contributed by atoms with Gasteiger partial charge in [0.25, 0.3) is 5.60 Å². The van der Waals surface area contributed by atoms with Crippen LogP contribution in [-0.2, 0) is 15.1 Å². The van der Waals surface area contributed by atoms with Crippen LogP contribution in [0.15, 0.2) is 24.3 Å². The van der Waals surface area contributed by atoms with E-state index in [0.29, 0.717) is 18.4 Å². The molecule has 0 aliphatic heterocycles. The maximum Gasteiger partial charge on any atom is 0.430 e. The van der Waals surface area contributed by atoms with Gasteiger partial charge in [0.1, 0.15) is 6.79 Å². The molecule has 0 saturated heterocycles. The van der Waals surface area contributed by atoms with Gasteiger partial charge in [-0.1, -0.05) is 45.0 Å². The third-order valence-corrected chi connectivity index (χ3v) is 4.00. The first-order chi connectivity index (χ1) is 11.5. The highest BCUT2D eigenvalue weighted by atomic mass is 19.4. The van der Waals surface area contributed by atoms with Crippen molar-refractivity contribution < 1.29 is 35.8 Å². The number of alkyl halides is 6. The summed E-state index contributed by atoms with van der Waals surface area (Å²) in [7, 11) is 0. The lowest BCUT2D eigenvalue weighted by Gasteiger charge is -2.37. The molecule has 0 radical (unpaired) electrons. The van der Waals surface area contributed by atoms with Crippen molar-refractivity contribution in [2.24, 2.45) is 0 Å². The van der Waals surface area contributed by atoms with E-state index in [1.54, 1.807) is 6.92 Å². The average molecular weight is 372 g/mol.